The number of nitrogens with zero attached hydrogens (tertiary/aromatic N) is 4. The van der Waals surface area contributed by atoms with Crippen LogP contribution in [0.25, 0.3) is 73.1 Å². The third kappa shape index (κ3) is 6.01. The molecule has 4 heteroatoms. The summed E-state index contributed by atoms with van der Waals surface area (Å²) < 4.78 is 2.18. The molecule has 5 heterocycles. The van der Waals surface area contributed by atoms with Gasteiger partial charge in [0, 0.05) is 45.8 Å². The van der Waals surface area contributed by atoms with Crippen LogP contribution < -0.4 is 0 Å². The Balaban J connectivity index is 1.14. The predicted octanol–water partition coefficient (Wildman–Crippen LogP) is 12.8. The molecule has 0 amide bonds. The molecule has 2 aliphatic rings. The van der Waals surface area contributed by atoms with Crippen molar-refractivity contribution < 1.29 is 0 Å². The van der Waals surface area contributed by atoms with Crippen LogP contribution in [0.4, 0.5) is 0 Å². The summed E-state index contributed by atoms with van der Waals surface area (Å²) in [7, 11) is 0. The molecule has 0 N–H and O–H groups in total. The Morgan fingerprint density at radius 3 is 1.79 bits per heavy atom. The van der Waals surface area contributed by atoms with E-state index in [1.807, 2.05) is 12.1 Å². The van der Waals surface area contributed by atoms with E-state index in [1.165, 1.54) is 0 Å². The molecule has 4 nitrogen and oxygen atoms in total. The van der Waals surface area contributed by atoms with Gasteiger partial charge in [-0.25, -0.2) is 9.97 Å². The van der Waals surface area contributed by atoms with Gasteiger partial charge in [0.15, 0.2) is 0 Å². The van der Waals surface area contributed by atoms with E-state index in [0.29, 0.717) is 0 Å². The van der Waals surface area contributed by atoms with Crippen molar-refractivity contribution in [2.45, 2.75) is 6.92 Å². The first-order chi connectivity index (χ1) is 27.7. The predicted molar refractivity (Wildman–Crippen MR) is 230 cm³/mol. The lowest BCUT2D eigenvalue weighted by molar-refractivity contribution is 0.673. The molecule has 0 saturated carbocycles. The maximum absolute atomic E-state index is 5.42. The van der Waals surface area contributed by atoms with E-state index in [4.69, 9.17) is 9.97 Å². The minimum Gasteiger partial charge on any atom is -0.309 e. The Kier molecular flexibility index (Phi) is 8.29. The van der Waals surface area contributed by atoms with Crippen molar-refractivity contribution in [3.05, 3.63) is 229 Å². The molecule has 5 aromatic carbocycles. The number of imidazole rings is 1. The van der Waals surface area contributed by atoms with Crippen molar-refractivity contribution >= 4 is 16.9 Å². The molecule has 8 aromatic rings. The van der Waals surface area contributed by atoms with E-state index in [2.05, 4.69) is 210 Å². The number of hydrogen-bond acceptors (Lipinski definition) is 3. The minimum absolute atomic E-state index is 0.902. The van der Waals surface area contributed by atoms with Crippen molar-refractivity contribution in [3.63, 3.8) is 0 Å². The molecular formula is C52H36N4. The van der Waals surface area contributed by atoms with Crippen LogP contribution >= 0.6 is 0 Å². The van der Waals surface area contributed by atoms with E-state index >= 15 is 0 Å². The summed E-state index contributed by atoms with van der Waals surface area (Å²) in [4.78, 5) is 12.8. The van der Waals surface area contributed by atoms with E-state index in [1.54, 1.807) is 0 Å². The van der Waals surface area contributed by atoms with Gasteiger partial charge in [-0.1, -0.05) is 145 Å². The summed E-state index contributed by atoms with van der Waals surface area (Å²) in [5.74, 6) is 0. The summed E-state index contributed by atoms with van der Waals surface area (Å²) >= 11 is 0. The first-order valence-corrected chi connectivity index (χ1v) is 18.9. The summed E-state index contributed by atoms with van der Waals surface area (Å²) in [5.41, 5.74) is 21.5. The molecule has 0 spiro atoms. The zero-order chi connectivity index (χ0) is 37.4. The van der Waals surface area contributed by atoms with Crippen molar-refractivity contribution in [1.29, 1.82) is 0 Å². The highest BCUT2D eigenvalue weighted by Crippen LogP contribution is 2.42. The number of benzene rings is 5. The molecule has 0 aliphatic carbocycles. The molecule has 0 saturated heterocycles. The monoisotopic (exact) mass is 716 g/mol. The molecule has 0 atom stereocenters. The van der Waals surface area contributed by atoms with Crippen LogP contribution in [-0.4, -0.2) is 19.3 Å². The van der Waals surface area contributed by atoms with Crippen molar-refractivity contribution in [1.82, 2.24) is 19.3 Å². The van der Waals surface area contributed by atoms with Crippen molar-refractivity contribution in [2.24, 2.45) is 0 Å². The van der Waals surface area contributed by atoms with Gasteiger partial charge in [0.2, 0.25) is 0 Å². The van der Waals surface area contributed by atoms with Gasteiger partial charge in [0.25, 0.3) is 0 Å². The summed E-state index contributed by atoms with van der Waals surface area (Å²) in [6.07, 6.45) is 10.5. The van der Waals surface area contributed by atoms with E-state index in [9.17, 15) is 0 Å². The van der Waals surface area contributed by atoms with E-state index in [-0.39, 0.29) is 0 Å². The molecule has 0 fully saturated rings. The average molecular weight is 717 g/mol. The molecule has 264 valence electrons. The highest BCUT2D eigenvalue weighted by molar-refractivity contribution is 6.00. The number of rotatable bonds is 7. The molecule has 2 aliphatic heterocycles. The van der Waals surface area contributed by atoms with Gasteiger partial charge in [-0.05, 0) is 77.7 Å². The summed E-state index contributed by atoms with van der Waals surface area (Å²) in [6, 6.07) is 59.7. The van der Waals surface area contributed by atoms with Crippen LogP contribution in [0, 0.1) is 0 Å². The van der Waals surface area contributed by atoms with Crippen LogP contribution in [0.15, 0.2) is 217 Å². The molecular weight excluding hydrogens is 681 g/mol. The number of aromatic nitrogens is 3. The molecule has 56 heavy (non-hydrogen) atoms. The van der Waals surface area contributed by atoms with Gasteiger partial charge < -0.3 is 4.90 Å². The van der Waals surface area contributed by atoms with Gasteiger partial charge in [0.1, 0.15) is 5.65 Å². The third-order valence-electron chi connectivity index (χ3n) is 10.5. The Morgan fingerprint density at radius 1 is 0.482 bits per heavy atom. The first kappa shape index (κ1) is 33.1. The second kappa shape index (κ2) is 14.0. The standard InChI is InChI=1S/C52H36N4/c1-36-31-45-27-11-13-29-55(45)51(49(36)38-19-7-3-8-20-38)42-25-15-23-40(32-42)46-34-44(37-17-5-2-6-18-37)35-47(53-46)41-24-16-26-43(33-41)52-50(39-21-9-4-10-22-39)54-48-28-12-14-30-56(48)52/h2-30,32-35H,1H3. The molecule has 0 radical (unpaired) electrons. The fraction of sp³-hybridized carbons (Fsp3) is 0.0192. The molecule has 3 aromatic heterocycles. The van der Waals surface area contributed by atoms with Crippen molar-refractivity contribution in [3.8, 4) is 56.2 Å². The largest absolute Gasteiger partial charge is 0.309 e. The SMILES string of the molecule is CC1=C=C2C=CC=CN2C(c2cccc(-c3cc(-c4ccccc4)cc(-c4cccc(-c5c(-c6ccccc6)nc6ccccn56)c4)n3)c2)=C1c1ccccc1. The number of allylic oxidation sites excluding steroid dienone is 4. The quantitative estimate of drug-likeness (QED) is 0.154. The Labute approximate surface area is 326 Å². The fourth-order valence-corrected chi connectivity index (χ4v) is 7.88. The Morgan fingerprint density at radius 2 is 1.07 bits per heavy atom. The lowest BCUT2D eigenvalue weighted by atomic mass is 9.89. The fourth-order valence-electron chi connectivity index (χ4n) is 7.88. The normalized spacial score (nSPS) is 13.5. The van der Waals surface area contributed by atoms with Crippen LogP contribution in [-0.2, 0) is 0 Å². The summed E-state index contributed by atoms with van der Waals surface area (Å²) in [5, 5.41) is 0. The van der Waals surface area contributed by atoms with Crippen LogP contribution in [0.5, 0.6) is 0 Å². The second-order valence-electron chi connectivity index (χ2n) is 14.1. The Hall–Kier alpha value is -7.52. The third-order valence-corrected chi connectivity index (χ3v) is 10.5. The van der Waals surface area contributed by atoms with Gasteiger partial charge in [-0.2, -0.15) is 0 Å². The van der Waals surface area contributed by atoms with Gasteiger partial charge in [-0.3, -0.25) is 4.40 Å². The van der Waals surface area contributed by atoms with Crippen LogP contribution in [0.3, 0.4) is 0 Å². The van der Waals surface area contributed by atoms with Gasteiger partial charge in [0.05, 0.1) is 34.2 Å². The van der Waals surface area contributed by atoms with Crippen LogP contribution in [0.1, 0.15) is 18.1 Å². The van der Waals surface area contributed by atoms with E-state index in [0.717, 1.165) is 95.5 Å². The van der Waals surface area contributed by atoms with E-state index < -0.39 is 0 Å². The van der Waals surface area contributed by atoms with Gasteiger partial charge in [-0.15, -0.1) is 0 Å². The first-order valence-electron chi connectivity index (χ1n) is 18.9. The zero-order valence-corrected chi connectivity index (χ0v) is 30.8. The Bertz CT molecular complexity index is 2940. The molecule has 0 unspecified atom stereocenters. The van der Waals surface area contributed by atoms with Gasteiger partial charge >= 0.3 is 0 Å². The number of hydrogen-bond donors (Lipinski definition) is 0. The van der Waals surface area contributed by atoms with Crippen molar-refractivity contribution in [2.75, 3.05) is 0 Å². The smallest absolute Gasteiger partial charge is 0.137 e. The molecule has 10 rings (SSSR count). The second-order valence-corrected chi connectivity index (χ2v) is 14.1. The lowest BCUT2D eigenvalue weighted by Gasteiger charge is -2.32. The molecule has 0 bridgehead atoms. The minimum atomic E-state index is 0.902. The highest BCUT2D eigenvalue weighted by Gasteiger charge is 2.25. The van der Waals surface area contributed by atoms with Crippen LogP contribution in [0.2, 0.25) is 0 Å². The zero-order valence-electron chi connectivity index (χ0n) is 30.8. The lowest BCUT2D eigenvalue weighted by Crippen LogP contribution is -2.19. The maximum Gasteiger partial charge on any atom is 0.137 e. The number of fused-ring (bicyclic) bond motifs is 2. The maximum atomic E-state index is 5.42. The average Bonchev–Trinajstić information content (AvgIpc) is 3.67. The highest BCUT2D eigenvalue weighted by atomic mass is 15.1. The topological polar surface area (TPSA) is 33.4 Å². The summed E-state index contributed by atoms with van der Waals surface area (Å²) in [6.45, 7) is 2.16. The number of pyridine rings is 2.